The van der Waals surface area contributed by atoms with Crippen LogP contribution < -0.4 is 5.73 Å². The summed E-state index contributed by atoms with van der Waals surface area (Å²) < 4.78 is 1.97. The van der Waals surface area contributed by atoms with Crippen LogP contribution in [0.15, 0.2) is 30.3 Å². The molecule has 2 rings (SSSR count). The van der Waals surface area contributed by atoms with Crippen LogP contribution >= 0.6 is 12.4 Å². The van der Waals surface area contributed by atoms with E-state index in [0.717, 1.165) is 30.7 Å². The molecule has 0 spiro atoms. The molecule has 1 aromatic heterocycles. The first-order valence-electron chi connectivity index (χ1n) is 9.37. The van der Waals surface area contributed by atoms with E-state index in [1.165, 1.54) is 16.7 Å². The number of aryl methyl sites for hydroxylation is 4. The van der Waals surface area contributed by atoms with Crippen LogP contribution in [0.3, 0.4) is 0 Å². The van der Waals surface area contributed by atoms with Gasteiger partial charge in [-0.2, -0.15) is 0 Å². The van der Waals surface area contributed by atoms with Crippen molar-refractivity contribution in [2.24, 2.45) is 12.8 Å². The molecule has 0 aliphatic heterocycles. The highest BCUT2D eigenvalue weighted by atomic mass is 35.5. The zero-order valence-corrected chi connectivity index (χ0v) is 17.7. The van der Waals surface area contributed by atoms with E-state index in [1.54, 1.807) is 0 Å². The van der Waals surface area contributed by atoms with Gasteiger partial charge in [-0.25, -0.2) is 0 Å². The van der Waals surface area contributed by atoms with Crippen LogP contribution in [0.4, 0.5) is 0 Å². The van der Waals surface area contributed by atoms with E-state index in [2.05, 4.69) is 32.0 Å². The summed E-state index contributed by atoms with van der Waals surface area (Å²) in [6.45, 7) is 6.03. The predicted octanol–water partition coefficient (Wildman–Crippen LogP) is 3.91. The number of hydrogen-bond acceptors (Lipinski definition) is 3. The van der Waals surface area contributed by atoms with Gasteiger partial charge in [-0.15, -0.1) is 12.4 Å². The van der Waals surface area contributed by atoms with Gasteiger partial charge in [-0.05, 0) is 69.7 Å². The molecule has 0 saturated heterocycles. The van der Waals surface area contributed by atoms with Gasteiger partial charge in [0.05, 0.1) is 12.3 Å². The third-order valence-electron chi connectivity index (χ3n) is 5.17. The van der Waals surface area contributed by atoms with Crippen LogP contribution in [0, 0.1) is 13.8 Å². The number of ketones is 1. The molecular weight excluding hydrogens is 360 g/mol. The summed E-state index contributed by atoms with van der Waals surface area (Å²) in [5.41, 5.74) is 11.1. The van der Waals surface area contributed by atoms with Crippen molar-refractivity contribution < 1.29 is 9.90 Å². The van der Waals surface area contributed by atoms with Gasteiger partial charge >= 0.3 is 0 Å². The fourth-order valence-electron chi connectivity index (χ4n) is 3.27. The summed E-state index contributed by atoms with van der Waals surface area (Å²) in [6, 6.07) is 10.4. The van der Waals surface area contributed by atoms with Crippen molar-refractivity contribution in [1.82, 2.24) is 4.57 Å². The lowest BCUT2D eigenvalue weighted by Crippen LogP contribution is -2.40. The molecule has 0 unspecified atom stereocenters. The molecule has 0 saturated carbocycles. The standard InChI is InChI=1S/C22H32N2O2.ClH/c1-16-8-9-18(17(2)14-16)6-5-7-21(26)20-11-10-19(24(20)4)12-13-22(3,23)15-25;/h8-11,14,25H,5-7,12-13,15,23H2,1-4H3;1H/t22-;/m1./s1. The van der Waals surface area contributed by atoms with Crippen molar-refractivity contribution in [1.29, 1.82) is 0 Å². The third-order valence-corrected chi connectivity index (χ3v) is 5.17. The molecule has 27 heavy (non-hydrogen) atoms. The molecular formula is C22H33ClN2O2. The summed E-state index contributed by atoms with van der Waals surface area (Å²) in [6.07, 6.45) is 3.77. The fraction of sp³-hybridized carbons (Fsp3) is 0.500. The third kappa shape index (κ3) is 6.49. The zero-order valence-electron chi connectivity index (χ0n) is 16.9. The Morgan fingerprint density at radius 3 is 2.52 bits per heavy atom. The minimum atomic E-state index is -0.583. The maximum atomic E-state index is 12.6. The van der Waals surface area contributed by atoms with Gasteiger partial charge in [0.25, 0.3) is 0 Å². The summed E-state index contributed by atoms with van der Waals surface area (Å²) in [5.74, 6) is 0.182. The molecule has 0 amide bonds. The average Bonchev–Trinajstić information content (AvgIpc) is 2.96. The number of halogens is 1. The Kier molecular flexibility index (Phi) is 8.73. The van der Waals surface area contributed by atoms with Gasteiger partial charge in [0, 0.05) is 24.7 Å². The quantitative estimate of drug-likeness (QED) is 0.635. The average molecular weight is 393 g/mol. The van der Waals surface area contributed by atoms with E-state index in [9.17, 15) is 9.90 Å². The topological polar surface area (TPSA) is 68.2 Å². The molecule has 0 bridgehead atoms. The highest BCUT2D eigenvalue weighted by Crippen LogP contribution is 2.17. The molecule has 0 radical (unpaired) electrons. The summed E-state index contributed by atoms with van der Waals surface area (Å²) in [7, 11) is 1.93. The van der Waals surface area contributed by atoms with Crippen LogP contribution in [0.25, 0.3) is 0 Å². The summed E-state index contributed by atoms with van der Waals surface area (Å²) in [4.78, 5) is 12.6. The number of carbonyl (C=O) groups is 1. The molecule has 1 heterocycles. The van der Waals surface area contributed by atoms with Gasteiger partial charge in [0.1, 0.15) is 0 Å². The van der Waals surface area contributed by atoms with E-state index in [1.807, 2.05) is 30.7 Å². The first kappa shape index (κ1) is 23.4. The number of nitrogens with zero attached hydrogens (tertiary/aromatic N) is 1. The first-order valence-corrected chi connectivity index (χ1v) is 9.37. The van der Waals surface area contributed by atoms with Crippen molar-refractivity contribution in [2.75, 3.05) is 6.61 Å². The molecule has 2 aromatic rings. The van der Waals surface area contributed by atoms with E-state index in [-0.39, 0.29) is 24.8 Å². The van der Waals surface area contributed by atoms with Crippen LogP contribution in [0.5, 0.6) is 0 Å². The fourth-order valence-corrected chi connectivity index (χ4v) is 3.27. The number of hydrogen-bond donors (Lipinski definition) is 2. The number of Topliss-reactive ketones (excluding diaryl/α,β-unsaturated/α-hetero) is 1. The Hall–Kier alpha value is -1.62. The zero-order chi connectivity index (χ0) is 19.3. The van der Waals surface area contributed by atoms with Gasteiger partial charge in [-0.3, -0.25) is 4.79 Å². The van der Waals surface area contributed by atoms with Crippen molar-refractivity contribution in [3.05, 3.63) is 58.4 Å². The lowest BCUT2D eigenvalue weighted by atomic mass is 9.97. The maximum Gasteiger partial charge on any atom is 0.179 e. The highest BCUT2D eigenvalue weighted by molar-refractivity contribution is 5.94. The minimum Gasteiger partial charge on any atom is -0.394 e. The minimum absolute atomic E-state index is 0. The van der Waals surface area contributed by atoms with Crippen molar-refractivity contribution in [3.63, 3.8) is 0 Å². The van der Waals surface area contributed by atoms with E-state index in [0.29, 0.717) is 12.8 Å². The number of aromatic nitrogens is 1. The lowest BCUT2D eigenvalue weighted by Gasteiger charge is -2.21. The maximum absolute atomic E-state index is 12.6. The molecule has 3 N–H and O–H groups in total. The van der Waals surface area contributed by atoms with Crippen LogP contribution in [0.1, 0.15) is 59.1 Å². The second-order valence-corrected chi connectivity index (χ2v) is 7.79. The van der Waals surface area contributed by atoms with E-state index in [4.69, 9.17) is 5.73 Å². The number of benzene rings is 1. The number of nitrogens with two attached hydrogens (primary N) is 1. The Labute approximate surface area is 169 Å². The van der Waals surface area contributed by atoms with Gasteiger partial charge < -0.3 is 15.4 Å². The Morgan fingerprint density at radius 1 is 1.19 bits per heavy atom. The molecule has 1 aromatic carbocycles. The molecule has 0 aliphatic rings. The lowest BCUT2D eigenvalue weighted by molar-refractivity contribution is 0.0972. The second-order valence-electron chi connectivity index (χ2n) is 7.79. The number of carbonyl (C=O) groups excluding carboxylic acids is 1. The SMILES string of the molecule is Cc1ccc(CCCC(=O)c2ccc(CC[C@@](C)(N)CO)n2C)c(C)c1.Cl. The molecule has 4 nitrogen and oxygen atoms in total. The molecule has 0 fully saturated rings. The summed E-state index contributed by atoms with van der Waals surface area (Å²) in [5, 5.41) is 9.27. The monoisotopic (exact) mass is 392 g/mol. The van der Waals surface area contributed by atoms with Crippen molar-refractivity contribution >= 4 is 18.2 Å². The predicted molar refractivity (Wildman–Crippen MR) is 114 cm³/mol. The smallest absolute Gasteiger partial charge is 0.179 e. The summed E-state index contributed by atoms with van der Waals surface area (Å²) >= 11 is 0. The van der Waals surface area contributed by atoms with Gasteiger partial charge in [0.2, 0.25) is 0 Å². The second kappa shape index (κ2) is 10.1. The van der Waals surface area contributed by atoms with Gasteiger partial charge in [-0.1, -0.05) is 23.8 Å². The molecule has 5 heteroatoms. The van der Waals surface area contributed by atoms with Crippen molar-refractivity contribution in [2.45, 2.75) is 58.4 Å². The largest absolute Gasteiger partial charge is 0.394 e. The molecule has 0 aliphatic carbocycles. The Bertz CT molecular complexity index is 766. The Balaban J connectivity index is 0.00000364. The molecule has 1 atom stereocenters. The van der Waals surface area contributed by atoms with Crippen LogP contribution in [-0.2, 0) is 19.9 Å². The first-order chi connectivity index (χ1) is 12.2. The van der Waals surface area contributed by atoms with Crippen LogP contribution in [0.2, 0.25) is 0 Å². The normalized spacial score (nSPS) is 13.1. The van der Waals surface area contributed by atoms with E-state index < -0.39 is 5.54 Å². The van der Waals surface area contributed by atoms with Crippen LogP contribution in [-0.4, -0.2) is 27.6 Å². The number of rotatable bonds is 9. The Morgan fingerprint density at radius 2 is 1.89 bits per heavy atom. The number of aliphatic hydroxyl groups excluding tert-OH is 1. The molecule has 150 valence electrons. The van der Waals surface area contributed by atoms with Crippen molar-refractivity contribution in [3.8, 4) is 0 Å². The highest BCUT2D eigenvalue weighted by Gasteiger charge is 2.19. The van der Waals surface area contributed by atoms with Gasteiger partial charge in [0.15, 0.2) is 5.78 Å². The van der Waals surface area contributed by atoms with E-state index >= 15 is 0 Å². The number of aliphatic hydroxyl groups is 1.